The molecule has 2 aliphatic heterocycles. The zero-order valence-electron chi connectivity index (χ0n) is 14.7. The fraction of sp³-hybridized carbons (Fsp3) is 0.556. The van der Waals surface area contributed by atoms with Gasteiger partial charge in [0.25, 0.3) is 0 Å². The Kier molecular flexibility index (Phi) is 6.20. The quantitative estimate of drug-likeness (QED) is 0.738. The minimum atomic E-state index is -0.627. The Morgan fingerprint density at radius 1 is 0.769 bits per heavy atom. The number of methoxy groups -OCH3 is 2. The zero-order chi connectivity index (χ0) is 18.5. The van der Waals surface area contributed by atoms with E-state index in [1.165, 1.54) is 14.2 Å². The van der Waals surface area contributed by atoms with E-state index in [4.69, 9.17) is 28.4 Å². The number of hydrogen-bond acceptors (Lipinski definition) is 8. The summed E-state index contributed by atoms with van der Waals surface area (Å²) in [6.07, 6.45) is -1.25. The maximum absolute atomic E-state index is 11.6. The number of carbonyl (C=O) groups excluding carboxylic acids is 2. The average molecular weight is 366 g/mol. The number of carbonyl (C=O) groups is 2. The summed E-state index contributed by atoms with van der Waals surface area (Å²) < 4.78 is 32.2. The van der Waals surface area contributed by atoms with E-state index in [0.717, 1.165) is 11.1 Å². The third-order valence-electron chi connectivity index (χ3n) is 4.37. The first-order chi connectivity index (χ1) is 12.6. The van der Waals surface area contributed by atoms with Crippen LogP contribution in [-0.4, -0.2) is 52.6 Å². The minimum Gasteiger partial charge on any atom is -0.469 e. The van der Waals surface area contributed by atoms with Crippen LogP contribution in [0, 0.1) is 11.8 Å². The molecule has 3 rings (SSSR count). The van der Waals surface area contributed by atoms with Gasteiger partial charge in [0.15, 0.2) is 12.6 Å². The summed E-state index contributed by atoms with van der Waals surface area (Å²) in [5, 5.41) is 0. The highest BCUT2D eigenvalue weighted by atomic mass is 16.7. The molecule has 8 nitrogen and oxygen atoms in total. The van der Waals surface area contributed by atoms with Gasteiger partial charge >= 0.3 is 11.9 Å². The lowest BCUT2D eigenvalue weighted by molar-refractivity contribution is -0.223. The van der Waals surface area contributed by atoms with Gasteiger partial charge in [0, 0.05) is 11.1 Å². The number of esters is 2. The molecule has 1 aromatic carbocycles. The minimum absolute atomic E-state index is 0.211. The Labute approximate surface area is 151 Å². The van der Waals surface area contributed by atoms with Crippen molar-refractivity contribution >= 4 is 11.9 Å². The van der Waals surface area contributed by atoms with Crippen molar-refractivity contribution < 1.29 is 38.0 Å². The molecule has 2 heterocycles. The van der Waals surface area contributed by atoms with Crippen molar-refractivity contribution in [3.05, 3.63) is 35.4 Å². The van der Waals surface area contributed by atoms with Crippen LogP contribution < -0.4 is 0 Å². The maximum Gasteiger partial charge on any atom is 0.313 e. The number of rotatable bonds is 4. The van der Waals surface area contributed by atoms with Crippen LogP contribution in [0.25, 0.3) is 0 Å². The lowest BCUT2D eigenvalue weighted by Crippen LogP contribution is -2.35. The third kappa shape index (κ3) is 4.04. The summed E-state index contributed by atoms with van der Waals surface area (Å²) in [5.41, 5.74) is 1.52. The van der Waals surface area contributed by atoms with E-state index in [1.54, 1.807) is 0 Å². The molecular weight excluding hydrogens is 344 g/mol. The maximum atomic E-state index is 11.6. The van der Waals surface area contributed by atoms with Gasteiger partial charge in [-0.3, -0.25) is 9.59 Å². The highest BCUT2D eigenvalue weighted by Gasteiger charge is 2.34. The Balaban J connectivity index is 1.66. The van der Waals surface area contributed by atoms with Crippen LogP contribution in [0.3, 0.4) is 0 Å². The van der Waals surface area contributed by atoms with Crippen molar-refractivity contribution in [1.29, 1.82) is 0 Å². The van der Waals surface area contributed by atoms with E-state index >= 15 is 0 Å². The second-order valence-corrected chi connectivity index (χ2v) is 6.07. The van der Waals surface area contributed by atoms with Crippen molar-refractivity contribution in [3.8, 4) is 0 Å². The van der Waals surface area contributed by atoms with Crippen LogP contribution in [-0.2, 0) is 38.0 Å². The largest absolute Gasteiger partial charge is 0.469 e. The number of ether oxygens (including phenoxy) is 6. The molecule has 2 fully saturated rings. The van der Waals surface area contributed by atoms with Gasteiger partial charge in [0.1, 0.15) is 11.8 Å². The molecule has 0 N–H and O–H groups in total. The molecule has 0 unspecified atom stereocenters. The molecule has 0 spiro atoms. The fourth-order valence-corrected chi connectivity index (χ4v) is 2.91. The normalized spacial score (nSPS) is 29.0. The molecule has 0 radical (unpaired) electrons. The molecule has 142 valence electrons. The third-order valence-corrected chi connectivity index (χ3v) is 4.37. The van der Waals surface area contributed by atoms with Crippen molar-refractivity contribution in [1.82, 2.24) is 0 Å². The van der Waals surface area contributed by atoms with Crippen LogP contribution in [0.2, 0.25) is 0 Å². The second-order valence-electron chi connectivity index (χ2n) is 6.07. The number of benzene rings is 1. The molecule has 0 aliphatic carbocycles. The number of hydrogen-bond donors (Lipinski definition) is 0. The summed E-state index contributed by atoms with van der Waals surface area (Å²) in [4.78, 5) is 23.1. The predicted molar refractivity (Wildman–Crippen MR) is 86.7 cm³/mol. The van der Waals surface area contributed by atoms with Crippen molar-refractivity contribution in [3.63, 3.8) is 0 Å². The molecule has 2 aliphatic rings. The first-order valence-corrected chi connectivity index (χ1v) is 8.35. The van der Waals surface area contributed by atoms with Crippen LogP contribution in [0.15, 0.2) is 24.3 Å². The van der Waals surface area contributed by atoms with Crippen LogP contribution in [0.4, 0.5) is 0 Å². The standard InChI is InChI=1S/C18H22O8/c1-21-15(19)11-7-23-17(24-8-11)13-5-3-4-6-14(13)18-25-9-12(10-26-18)16(20)22-2/h3-6,11-12,17-18H,7-10H2,1-2H3. The smallest absolute Gasteiger partial charge is 0.313 e. The summed E-state index contributed by atoms with van der Waals surface area (Å²) >= 11 is 0. The summed E-state index contributed by atoms with van der Waals surface area (Å²) in [6, 6.07) is 7.44. The zero-order valence-corrected chi connectivity index (χ0v) is 14.7. The van der Waals surface area contributed by atoms with Gasteiger partial charge < -0.3 is 28.4 Å². The molecule has 0 atom stereocenters. The monoisotopic (exact) mass is 366 g/mol. The van der Waals surface area contributed by atoms with Gasteiger partial charge in [-0.25, -0.2) is 0 Å². The van der Waals surface area contributed by atoms with Crippen molar-refractivity contribution in [2.75, 3.05) is 40.6 Å². The molecule has 26 heavy (non-hydrogen) atoms. The van der Waals surface area contributed by atoms with Crippen molar-refractivity contribution in [2.24, 2.45) is 11.8 Å². The Hall–Kier alpha value is -2.00. The van der Waals surface area contributed by atoms with Gasteiger partial charge in [-0.05, 0) is 0 Å². The van der Waals surface area contributed by atoms with Gasteiger partial charge in [-0.15, -0.1) is 0 Å². The lowest BCUT2D eigenvalue weighted by Gasteiger charge is -2.33. The van der Waals surface area contributed by atoms with Crippen LogP contribution >= 0.6 is 0 Å². The fourth-order valence-electron chi connectivity index (χ4n) is 2.91. The molecular formula is C18H22O8. The average Bonchev–Trinajstić information content (AvgIpc) is 2.73. The Morgan fingerprint density at radius 2 is 1.12 bits per heavy atom. The predicted octanol–water partition coefficient (Wildman–Crippen LogP) is 1.36. The Morgan fingerprint density at radius 3 is 1.42 bits per heavy atom. The van der Waals surface area contributed by atoms with Crippen LogP contribution in [0.1, 0.15) is 23.7 Å². The molecule has 0 aromatic heterocycles. The van der Waals surface area contributed by atoms with Gasteiger partial charge in [0.2, 0.25) is 0 Å². The van der Waals surface area contributed by atoms with Crippen molar-refractivity contribution in [2.45, 2.75) is 12.6 Å². The molecule has 2 saturated heterocycles. The second kappa shape index (κ2) is 8.59. The van der Waals surface area contributed by atoms with E-state index < -0.39 is 24.4 Å². The molecule has 8 heteroatoms. The molecule has 0 saturated carbocycles. The van der Waals surface area contributed by atoms with Gasteiger partial charge in [0.05, 0.1) is 40.6 Å². The van der Waals surface area contributed by atoms with Gasteiger partial charge in [-0.1, -0.05) is 24.3 Å². The Bertz CT molecular complexity index is 575. The SMILES string of the molecule is COC(=O)C1COC(c2ccccc2C2OCC(C(=O)OC)CO2)OC1. The van der Waals surface area contributed by atoms with E-state index in [1.807, 2.05) is 24.3 Å². The first kappa shape index (κ1) is 18.8. The molecule has 0 bridgehead atoms. The summed E-state index contributed by atoms with van der Waals surface area (Å²) in [5.74, 6) is -1.59. The van der Waals surface area contributed by atoms with E-state index in [0.29, 0.717) is 0 Å². The highest BCUT2D eigenvalue weighted by molar-refractivity contribution is 5.73. The molecule has 0 amide bonds. The molecule has 1 aromatic rings. The highest BCUT2D eigenvalue weighted by Crippen LogP contribution is 2.34. The van der Waals surface area contributed by atoms with Gasteiger partial charge in [-0.2, -0.15) is 0 Å². The summed E-state index contributed by atoms with van der Waals surface area (Å²) in [7, 11) is 2.67. The van der Waals surface area contributed by atoms with Crippen LogP contribution in [0.5, 0.6) is 0 Å². The summed E-state index contributed by atoms with van der Waals surface area (Å²) in [6.45, 7) is 0.843. The lowest BCUT2D eigenvalue weighted by atomic mass is 10.0. The topological polar surface area (TPSA) is 89.5 Å². The van der Waals surface area contributed by atoms with E-state index in [2.05, 4.69) is 0 Å². The first-order valence-electron chi connectivity index (χ1n) is 8.35. The van der Waals surface area contributed by atoms with E-state index in [-0.39, 0.29) is 38.4 Å². The van der Waals surface area contributed by atoms with E-state index in [9.17, 15) is 9.59 Å².